The molecule has 31 heavy (non-hydrogen) atoms. The van der Waals surface area contributed by atoms with Gasteiger partial charge < -0.3 is 20.5 Å². The lowest BCUT2D eigenvalue weighted by atomic mass is 10.1. The highest BCUT2D eigenvalue weighted by Crippen LogP contribution is 2.18. The van der Waals surface area contributed by atoms with Crippen LogP contribution in [0.1, 0.15) is 24.6 Å². The first-order valence-corrected chi connectivity index (χ1v) is 11.1. The Bertz CT molecular complexity index is 994. The van der Waals surface area contributed by atoms with Crippen LogP contribution < -0.4 is 10.6 Å². The van der Waals surface area contributed by atoms with Crippen LogP contribution in [0.15, 0.2) is 65.7 Å². The quantitative estimate of drug-likeness (QED) is 0.389. The molecular formula is C25H31N5O. The van der Waals surface area contributed by atoms with Crippen LogP contribution in [0.3, 0.4) is 0 Å². The van der Waals surface area contributed by atoms with Crippen molar-refractivity contribution in [2.75, 3.05) is 26.2 Å². The SMILES string of the molecule is CCNC(=NCc1cc2ccccc2[nH]1)NCC1CC(=O)N(CCc2ccccc2)C1. The molecular weight excluding hydrogens is 386 g/mol. The molecule has 1 saturated heterocycles. The van der Waals surface area contributed by atoms with Gasteiger partial charge in [0.2, 0.25) is 5.91 Å². The van der Waals surface area contributed by atoms with Gasteiger partial charge in [0.25, 0.3) is 0 Å². The normalized spacial score (nSPS) is 16.8. The number of carbonyl (C=O) groups excluding carboxylic acids is 1. The van der Waals surface area contributed by atoms with Crippen LogP contribution in [-0.4, -0.2) is 47.9 Å². The average molecular weight is 418 g/mol. The molecule has 3 N–H and O–H groups in total. The van der Waals surface area contributed by atoms with Gasteiger partial charge in [0.05, 0.1) is 6.54 Å². The molecule has 1 fully saturated rings. The second-order valence-corrected chi connectivity index (χ2v) is 8.10. The number of hydrogen-bond acceptors (Lipinski definition) is 2. The van der Waals surface area contributed by atoms with Crippen molar-refractivity contribution in [3.63, 3.8) is 0 Å². The summed E-state index contributed by atoms with van der Waals surface area (Å²) in [5, 5.41) is 7.93. The third-order valence-electron chi connectivity index (χ3n) is 5.70. The maximum absolute atomic E-state index is 12.4. The maximum atomic E-state index is 12.4. The van der Waals surface area contributed by atoms with E-state index in [0.717, 1.165) is 49.8 Å². The molecule has 2 heterocycles. The Kier molecular flexibility index (Phi) is 6.87. The molecule has 0 bridgehead atoms. The number of fused-ring (bicyclic) bond motifs is 1. The van der Waals surface area contributed by atoms with Crippen LogP contribution in [0.4, 0.5) is 0 Å². The van der Waals surface area contributed by atoms with Gasteiger partial charge in [-0.05, 0) is 36.4 Å². The van der Waals surface area contributed by atoms with Gasteiger partial charge in [-0.15, -0.1) is 0 Å². The molecule has 0 radical (unpaired) electrons. The summed E-state index contributed by atoms with van der Waals surface area (Å²) >= 11 is 0. The van der Waals surface area contributed by atoms with Crippen molar-refractivity contribution in [3.05, 3.63) is 71.9 Å². The molecule has 1 unspecified atom stereocenters. The number of hydrogen-bond donors (Lipinski definition) is 3. The number of benzene rings is 2. The highest BCUT2D eigenvalue weighted by atomic mass is 16.2. The van der Waals surface area contributed by atoms with Gasteiger partial charge >= 0.3 is 0 Å². The summed E-state index contributed by atoms with van der Waals surface area (Å²) in [5.74, 6) is 1.35. The minimum Gasteiger partial charge on any atom is -0.357 e. The number of rotatable bonds is 8. The van der Waals surface area contributed by atoms with E-state index in [1.807, 2.05) is 35.2 Å². The zero-order valence-corrected chi connectivity index (χ0v) is 18.1. The molecule has 4 rings (SSSR count). The number of guanidine groups is 1. The van der Waals surface area contributed by atoms with Crippen LogP contribution in [0.25, 0.3) is 10.9 Å². The number of para-hydroxylation sites is 1. The van der Waals surface area contributed by atoms with E-state index in [2.05, 4.69) is 52.9 Å². The van der Waals surface area contributed by atoms with Crippen molar-refractivity contribution in [1.82, 2.24) is 20.5 Å². The minimum atomic E-state index is 0.253. The number of aliphatic imine (C=N–C) groups is 1. The summed E-state index contributed by atoms with van der Waals surface area (Å²) in [6.45, 7) is 5.77. The third kappa shape index (κ3) is 5.66. The Morgan fingerprint density at radius 1 is 1.13 bits per heavy atom. The van der Waals surface area contributed by atoms with E-state index in [0.29, 0.717) is 18.9 Å². The largest absolute Gasteiger partial charge is 0.357 e. The molecule has 6 nitrogen and oxygen atoms in total. The van der Waals surface area contributed by atoms with Crippen molar-refractivity contribution < 1.29 is 4.79 Å². The van der Waals surface area contributed by atoms with Crippen molar-refractivity contribution in [2.24, 2.45) is 10.9 Å². The van der Waals surface area contributed by atoms with Crippen molar-refractivity contribution in [2.45, 2.75) is 26.3 Å². The Balaban J connectivity index is 1.28. The molecule has 0 aliphatic carbocycles. The molecule has 0 saturated carbocycles. The number of aromatic nitrogens is 1. The first-order chi connectivity index (χ1) is 15.2. The van der Waals surface area contributed by atoms with E-state index in [1.165, 1.54) is 10.9 Å². The topological polar surface area (TPSA) is 72.5 Å². The summed E-state index contributed by atoms with van der Waals surface area (Å²) in [4.78, 5) is 22.5. The number of nitrogens with one attached hydrogen (secondary N) is 3. The third-order valence-corrected chi connectivity index (χ3v) is 5.70. The Labute approximate surface area is 183 Å². The summed E-state index contributed by atoms with van der Waals surface area (Å²) in [5.41, 5.74) is 3.49. The Morgan fingerprint density at radius 2 is 1.94 bits per heavy atom. The molecule has 1 aliphatic rings. The molecule has 1 aromatic heterocycles. The molecule has 6 heteroatoms. The lowest BCUT2D eigenvalue weighted by Crippen LogP contribution is -2.40. The van der Waals surface area contributed by atoms with Gasteiger partial charge in [-0.3, -0.25) is 4.79 Å². The predicted molar refractivity (Wildman–Crippen MR) is 126 cm³/mol. The number of carbonyl (C=O) groups is 1. The monoisotopic (exact) mass is 417 g/mol. The van der Waals surface area contributed by atoms with Crippen LogP contribution in [0.2, 0.25) is 0 Å². The van der Waals surface area contributed by atoms with Crippen LogP contribution in [0, 0.1) is 5.92 Å². The molecule has 0 spiro atoms. The molecule has 1 amide bonds. The zero-order valence-electron chi connectivity index (χ0n) is 18.1. The Morgan fingerprint density at radius 3 is 2.74 bits per heavy atom. The number of amides is 1. The molecule has 3 aromatic rings. The van der Waals surface area contributed by atoms with Crippen LogP contribution >= 0.6 is 0 Å². The van der Waals surface area contributed by atoms with E-state index >= 15 is 0 Å². The first kappa shape index (κ1) is 21.0. The fraction of sp³-hybridized carbons (Fsp3) is 0.360. The number of H-pyrrole nitrogens is 1. The maximum Gasteiger partial charge on any atom is 0.223 e. The number of aromatic amines is 1. The Hall–Kier alpha value is -3.28. The standard InChI is InChI=1S/C25H31N5O/c1-2-26-25(28-17-22-15-21-10-6-7-11-23(21)29-22)27-16-20-14-24(31)30(18-20)13-12-19-8-4-3-5-9-19/h3-11,15,20,29H,2,12-14,16-18H2,1H3,(H2,26,27,28). The molecule has 1 atom stereocenters. The van der Waals surface area contributed by atoms with Gasteiger partial charge in [-0.1, -0.05) is 48.5 Å². The van der Waals surface area contributed by atoms with Crippen LogP contribution in [-0.2, 0) is 17.8 Å². The summed E-state index contributed by atoms with van der Waals surface area (Å²) in [6.07, 6.45) is 1.50. The highest BCUT2D eigenvalue weighted by molar-refractivity contribution is 5.82. The van der Waals surface area contributed by atoms with E-state index in [4.69, 9.17) is 4.99 Å². The lowest BCUT2D eigenvalue weighted by Gasteiger charge is -2.18. The van der Waals surface area contributed by atoms with E-state index in [9.17, 15) is 4.79 Å². The van der Waals surface area contributed by atoms with Crippen LogP contribution in [0.5, 0.6) is 0 Å². The molecule has 1 aliphatic heterocycles. The minimum absolute atomic E-state index is 0.253. The van der Waals surface area contributed by atoms with Gasteiger partial charge in [0.15, 0.2) is 5.96 Å². The fourth-order valence-corrected chi connectivity index (χ4v) is 4.08. The van der Waals surface area contributed by atoms with E-state index in [1.54, 1.807) is 0 Å². The summed E-state index contributed by atoms with van der Waals surface area (Å²) in [6, 6.07) is 20.7. The zero-order chi connectivity index (χ0) is 21.5. The highest BCUT2D eigenvalue weighted by Gasteiger charge is 2.29. The van der Waals surface area contributed by atoms with Crippen molar-refractivity contribution >= 4 is 22.8 Å². The predicted octanol–water partition coefficient (Wildman–Crippen LogP) is 3.31. The second kappa shape index (κ2) is 10.2. The van der Waals surface area contributed by atoms with E-state index < -0.39 is 0 Å². The fourth-order valence-electron chi connectivity index (χ4n) is 4.08. The smallest absolute Gasteiger partial charge is 0.223 e. The molecule has 2 aromatic carbocycles. The number of likely N-dealkylation sites (tertiary alicyclic amines) is 1. The summed E-state index contributed by atoms with van der Waals surface area (Å²) in [7, 11) is 0. The molecule has 162 valence electrons. The average Bonchev–Trinajstić information content (AvgIpc) is 3.37. The summed E-state index contributed by atoms with van der Waals surface area (Å²) < 4.78 is 0. The lowest BCUT2D eigenvalue weighted by molar-refractivity contribution is -0.127. The van der Waals surface area contributed by atoms with Crippen molar-refractivity contribution in [1.29, 1.82) is 0 Å². The van der Waals surface area contributed by atoms with E-state index in [-0.39, 0.29) is 5.91 Å². The van der Waals surface area contributed by atoms with Gasteiger partial charge in [-0.25, -0.2) is 4.99 Å². The first-order valence-electron chi connectivity index (χ1n) is 11.1. The van der Waals surface area contributed by atoms with Gasteiger partial charge in [-0.2, -0.15) is 0 Å². The van der Waals surface area contributed by atoms with Crippen molar-refractivity contribution in [3.8, 4) is 0 Å². The van der Waals surface area contributed by atoms with Gasteiger partial charge in [0, 0.05) is 49.7 Å². The second-order valence-electron chi connectivity index (χ2n) is 8.10. The van der Waals surface area contributed by atoms with Gasteiger partial charge in [0.1, 0.15) is 0 Å². The number of nitrogens with zero attached hydrogens (tertiary/aromatic N) is 2.